The molecule has 29 heavy (non-hydrogen) atoms. The van der Waals surface area contributed by atoms with Crippen molar-refractivity contribution in [3.05, 3.63) is 35.4 Å². The molecule has 1 aliphatic rings. The number of carbonyl (C=O) groups is 1. The molecule has 3 N–H and O–H groups in total. The number of aryl methyl sites for hydroxylation is 1. The van der Waals surface area contributed by atoms with E-state index in [0.29, 0.717) is 36.1 Å². The van der Waals surface area contributed by atoms with E-state index in [2.05, 4.69) is 20.8 Å². The van der Waals surface area contributed by atoms with Gasteiger partial charge in [-0.1, -0.05) is 0 Å². The second kappa shape index (κ2) is 8.24. The molecule has 156 valence electrons. The predicted octanol–water partition coefficient (Wildman–Crippen LogP) is 2.88. The van der Waals surface area contributed by atoms with Gasteiger partial charge in [0.05, 0.1) is 18.4 Å². The molecule has 7 nitrogen and oxygen atoms in total. The summed E-state index contributed by atoms with van der Waals surface area (Å²) in [5, 5.41) is 24.5. The number of anilines is 1. The van der Waals surface area contributed by atoms with Crippen molar-refractivity contribution in [1.29, 1.82) is 0 Å². The topological polar surface area (TPSA) is 96.4 Å². The van der Waals surface area contributed by atoms with Crippen molar-refractivity contribution >= 4 is 11.8 Å². The van der Waals surface area contributed by atoms with Crippen LogP contribution in [0.4, 0.5) is 19.0 Å². The Kier molecular flexibility index (Phi) is 5.92. The van der Waals surface area contributed by atoms with Gasteiger partial charge in [0.2, 0.25) is 0 Å². The van der Waals surface area contributed by atoms with Crippen molar-refractivity contribution < 1.29 is 27.8 Å². The monoisotopic (exact) mass is 410 g/mol. The molecule has 1 fully saturated rings. The molecule has 0 saturated carbocycles. The van der Waals surface area contributed by atoms with Crippen LogP contribution in [-0.2, 0) is 15.7 Å². The van der Waals surface area contributed by atoms with E-state index in [1.165, 1.54) is 13.2 Å². The number of benzene rings is 1. The fourth-order valence-electron chi connectivity index (χ4n) is 3.26. The number of carbonyl (C=O) groups excluding carboxylic acids is 1. The second-order valence-electron chi connectivity index (χ2n) is 6.89. The fraction of sp³-hybridized carbons (Fsp3) is 0.421. The van der Waals surface area contributed by atoms with Crippen LogP contribution < -0.4 is 10.6 Å². The molecule has 2 heterocycles. The van der Waals surface area contributed by atoms with Gasteiger partial charge < -0.3 is 20.5 Å². The molecule has 0 radical (unpaired) electrons. The first-order valence-corrected chi connectivity index (χ1v) is 9.01. The number of halogens is 3. The number of nitrogens with zero attached hydrogens (tertiary/aromatic N) is 2. The number of hydrogen-bond acceptors (Lipinski definition) is 7. The highest BCUT2D eigenvalue weighted by Crippen LogP contribution is 2.36. The molecule has 2 unspecified atom stereocenters. The minimum Gasteiger partial charge on any atom is -0.507 e. The maximum Gasteiger partial charge on any atom is 0.416 e. The lowest BCUT2D eigenvalue weighted by Gasteiger charge is -2.29. The summed E-state index contributed by atoms with van der Waals surface area (Å²) in [5.41, 5.74) is 0.190. The summed E-state index contributed by atoms with van der Waals surface area (Å²) in [6, 6.07) is 4.18. The summed E-state index contributed by atoms with van der Waals surface area (Å²) in [4.78, 5) is 11.5. The van der Waals surface area contributed by atoms with E-state index >= 15 is 0 Å². The molecule has 1 aromatic carbocycles. The van der Waals surface area contributed by atoms with E-state index in [0.717, 1.165) is 12.5 Å². The van der Waals surface area contributed by atoms with Crippen molar-refractivity contribution in [3.63, 3.8) is 0 Å². The van der Waals surface area contributed by atoms with Gasteiger partial charge in [-0.05, 0) is 49.6 Å². The molecule has 1 aromatic heterocycles. The number of phenolic OH excluding ortho intramolecular Hbond substituents is 1. The summed E-state index contributed by atoms with van der Waals surface area (Å²) in [6.45, 7) is 2.28. The number of phenols is 1. The van der Waals surface area contributed by atoms with Crippen LogP contribution in [-0.4, -0.2) is 47.0 Å². The molecule has 0 bridgehead atoms. The average molecular weight is 410 g/mol. The lowest BCUT2D eigenvalue weighted by atomic mass is 10.0. The first-order valence-electron chi connectivity index (χ1n) is 9.01. The largest absolute Gasteiger partial charge is 0.507 e. The zero-order valence-electron chi connectivity index (χ0n) is 15.9. The molecule has 0 aliphatic carbocycles. The number of aromatic hydroxyl groups is 1. The molecule has 10 heteroatoms. The van der Waals surface area contributed by atoms with Gasteiger partial charge in [0, 0.05) is 18.2 Å². The van der Waals surface area contributed by atoms with Gasteiger partial charge in [-0.15, -0.1) is 10.2 Å². The normalized spacial score (nSPS) is 19.6. The molecule has 0 spiro atoms. The SMILES string of the molecule is COC(=O)C1CCC(Nc2cc(C)c(-c3ccc(C(F)(F)F)cc3O)nn2)CN1. The number of alkyl halides is 3. The smallest absolute Gasteiger partial charge is 0.416 e. The van der Waals surface area contributed by atoms with Crippen molar-refractivity contribution in [2.45, 2.75) is 38.0 Å². The summed E-state index contributed by atoms with van der Waals surface area (Å²) in [7, 11) is 1.35. The van der Waals surface area contributed by atoms with Gasteiger partial charge in [0.1, 0.15) is 17.6 Å². The van der Waals surface area contributed by atoms with Crippen LogP contribution in [0.2, 0.25) is 0 Å². The summed E-state index contributed by atoms with van der Waals surface area (Å²) in [6.07, 6.45) is -3.19. The van der Waals surface area contributed by atoms with E-state index < -0.39 is 17.5 Å². The molecule has 1 aliphatic heterocycles. The number of nitrogens with one attached hydrogen (secondary N) is 2. The lowest BCUT2D eigenvalue weighted by molar-refractivity contribution is -0.143. The zero-order valence-corrected chi connectivity index (χ0v) is 15.9. The van der Waals surface area contributed by atoms with E-state index in [1.54, 1.807) is 13.0 Å². The van der Waals surface area contributed by atoms with Crippen LogP contribution >= 0.6 is 0 Å². The van der Waals surface area contributed by atoms with Gasteiger partial charge in [0.25, 0.3) is 0 Å². The standard InChI is InChI=1S/C19H21F3N4O3/c1-10-7-16(24-12-4-6-14(23-9-12)18(28)29-2)25-26-17(10)13-5-3-11(8-15(13)27)19(20,21)22/h3,5,7-8,12,14,23,27H,4,6,9H2,1-2H3,(H,24,25). The number of hydrogen-bond donors (Lipinski definition) is 3. The second-order valence-corrected chi connectivity index (χ2v) is 6.89. The van der Waals surface area contributed by atoms with Crippen molar-refractivity contribution in [3.8, 4) is 17.0 Å². The van der Waals surface area contributed by atoms with E-state index in [-0.39, 0.29) is 23.6 Å². The number of methoxy groups -OCH3 is 1. The first kappa shape index (κ1) is 20.8. The number of esters is 1. The van der Waals surface area contributed by atoms with Crippen LogP contribution in [0.5, 0.6) is 5.75 Å². The maximum absolute atomic E-state index is 12.8. The van der Waals surface area contributed by atoms with Gasteiger partial charge in [-0.3, -0.25) is 4.79 Å². The summed E-state index contributed by atoms with van der Waals surface area (Å²) >= 11 is 0. The highest BCUT2D eigenvalue weighted by atomic mass is 19.4. The Balaban J connectivity index is 1.71. The van der Waals surface area contributed by atoms with Crippen LogP contribution in [0.25, 0.3) is 11.3 Å². The Morgan fingerprint density at radius 3 is 2.59 bits per heavy atom. The van der Waals surface area contributed by atoms with Gasteiger partial charge in [-0.2, -0.15) is 13.2 Å². The van der Waals surface area contributed by atoms with Crippen LogP contribution in [0.1, 0.15) is 24.0 Å². The van der Waals surface area contributed by atoms with Crippen LogP contribution in [0.15, 0.2) is 24.3 Å². The number of aromatic nitrogens is 2. The Morgan fingerprint density at radius 2 is 2.03 bits per heavy atom. The van der Waals surface area contributed by atoms with Crippen LogP contribution in [0, 0.1) is 6.92 Å². The number of ether oxygens (including phenoxy) is 1. The predicted molar refractivity (Wildman–Crippen MR) is 99.3 cm³/mol. The third kappa shape index (κ3) is 4.76. The Hall–Kier alpha value is -2.88. The number of rotatable bonds is 4. The fourth-order valence-corrected chi connectivity index (χ4v) is 3.26. The Bertz CT molecular complexity index is 897. The molecule has 2 atom stereocenters. The average Bonchev–Trinajstić information content (AvgIpc) is 2.68. The first-order chi connectivity index (χ1) is 13.7. The molecule has 0 amide bonds. The van der Waals surface area contributed by atoms with E-state index in [4.69, 9.17) is 4.74 Å². The van der Waals surface area contributed by atoms with E-state index in [9.17, 15) is 23.1 Å². The third-order valence-electron chi connectivity index (χ3n) is 4.82. The molecule has 3 rings (SSSR count). The van der Waals surface area contributed by atoms with E-state index in [1.807, 2.05) is 0 Å². The van der Waals surface area contributed by atoms with Gasteiger partial charge >= 0.3 is 12.1 Å². The van der Waals surface area contributed by atoms with Gasteiger partial charge in [-0.25, -0.2) is 0 Å². The maximum atomic E-state index is 12.8. The summed E-state index contributed by atoms with van der Waals surface area (Å²) in [5.74, 6) is -0.302. The van der Waals surface area contributed by atoms with Crippen molar-refractivity contribution in [2.24, 2.45) is 0 Å². The lowest BCUT2D eigenvalue weighted by Crippen LogP contribution is -2.48. The van der Waals surface area contributed by atoms with Gasteiger partial charge in [0.15, 0.2) is 0 Å². The van der Waals surface area contributed by atoms with Crippen LogP contribution in [0.3, 0.4) is 0 Å². The minimum atomic E-state index is -4.54. The van der Waals surface area contributed by atoms with Crippen molar-refractivity contribution in [2.75, 3.05) is 19.0 Å². The third-order valence-corrected chi connectivity index (χ3v) is 4.82. The quantitative estimate of drug-likeness (QED) is 0.667. The Labute approximate surface area is 165 Å². The molecule has 2 aromatic rings. The molecule has 1 saturated heterocycles. The molecular formula is C19H21F3N4O3. The highest BCUT2D eigenvalue weighted by Gasteiger charge is 2.31. The highest BCUT2D eigenvalue weighted by molar-refractivity contribution is 5.75. The number of piperidine rings is 1. The summed E-state index contributed by atoms with van der Waals surface area (Å²) < 4.78 is 43.0. The Morgan fingerprint density at radius 1 is 1.28 bits per heavy atom. The molecular weight excluding hydrogens is 389 g/mol. The zero-order chi connectivity index (χ0) is 21.2. The minimum absolute atomic E-state index is 0.0370. The van der Waals surface area contributed by atoms with Crippen molar-refractivity contribution in [1.82, 2.24) is 15.5 Å².